The zero-order chi connectivity index (χ0) is 17.3. The normalized spacial score (nSPS) is 17.9. The lowest BCUT2D eigenvalue weighted by atomic mass is 9.96. The second kappa shape index (κ2) is 6.61. The summed E-state index contributed by atoms with van der Waals surface area (Å²) in [6.07, 6.45) is 0.733. The molecular weight excluding hydrogens is 358 g/mol. The largest absolute Gasteiger partial charge is 0.385 e. The van der Waals surface area contributed by atoms with Crippen molar-refractivity contribution in [3.8, 4) is 0 Å². The third-order valence-electron chi connectivity index (χ3n) is 3.90. The van der Waals surface area contributed by atoms with Gasteiger partial charge in [-0.3, -0.25) is 4.72 Å². The molecule has 130 valence electrons. The quantitative estimate of drug-likeness (QED) is 0.748. The molecule has 24 heavy (non-hydrogen) atoms. The number of rotatable bonds is 5. The molecule has 1 aromatic heterocycles. The van der Waals surface area contributed by atoms with E-state index >= 15 is 0 Å². The van der Waals surface area contributed by atoms with E-state index in [1.807, 2.05) is 0 Å². The summed E-state index contributed by atoms with van der Waals surface area (Å²) >= 11 is 1.17. The molecule has 1 unspecified atom stereocenters. The Hall–Kier alpha value is -1.78. The number of hydrogen-bond donors (Lipinski definition) is 3. The molecule has 0 amide bonds. The van der Waals surface area contributed by atoms with Crippen LogP contribution in [0.3, 0.4) is 0 Å². The fraction of sp³-hybridized carbons (Fsp3) is 0.357. The number of thiazole rings is 1. The lowest BCUT2D eigenvalue weighted by Crippen LogP contribution is -2.19. The minimum absolute atomic E-state index is 0.00347. The van der Waals surface area contributed by atoms with Crippen molar-refractivity contribution >= 4 is 32.9 Å². The summed E-state index contributed by atoms with van der Waals surface area (Å²) < 4.78 is 56.1. The highest BCUT2D eigenvalue weighted by Gasteiger charge is 2.31. The molecule has 6 nitrogen and oxygen atoms in total. The zero-order valence-electron chi connectivity index (χ0n) is 12.8. The van der Waals surface area contributed by atoms with E-state index in [0.717, 1.165) is 19.0 Å². The van der Waals surface area contributed by atoms with Gasteiger partial charge >= 0.3 is 0 Å². The molecule has 1 aliphatic rings. The lowest BCUT2D eigenvalue weighted by molar-refractivity contribution is 0.518. The Morgan fingerprint density at radius 1 is 1.42 bits per heavy atom. The van der Waals surface area contributed by atoms with Gasteiger partial charge in [0.15, 0.2) is 16.5 Å². The van der Waals surface area contributed by atoms with Gasteiger partial charge < -0.3 is 10.6 Å². The number of aromatic nitrogens is 1. The summed E-state index contributed by atoms with van der Waals surface area (Å²) in [5.74, 6) is -2.29. The Bertz CT molecular complexity index is 835. The molecule has 1 fully saturated rings. The molecule has 0 aliphatic carbocycles. The van der Waals surface area contributed by atoms with Gasteiger partial charge in [-0.15, -0.1) is 11.3 Å². The number of sulfonamides is 1. The summed E-state index contributed by atoms with van der Waals surface area (Å²) in [5, 5.41) is 7.22. The van der Waals surface area contributed by atoms with E-state index in [1.165, 1.54) is 29.3 Å². The van der Waals surface area contributed by atoms with Crippen LogP contribution in [0.25, 0.3) is 0 Å². The maximum Gasteiger partial charge on any atom is 0.269 e. The highest BCUT2D eigenvalue weighted by atomic mass is 32.2. The van der Waals surface area contributed by atoms with Gasteiger partial charge in [0, 0.05) is 19.0 Å². The van der Waals surface area contributed by atoms with Crippen LogP contribution < -0.4 is 15.4 Å². The van der Waals surface area contributed by atoms with Gasteiger partial charge in [0.25, 0.3) is 10.0 Å². The molecule has 2 aromatic rings. The van der Waals surface area contributed by atoms with Crippen LogP contribution in [-0.2, 0) is 10.0 Å². The Kier molecular flexibility index (Phi) is 4.70. The zero-order valence-corrected chi connectivity index (χ0v) is 14.4. The predicted octanol–water partition coefficient (Wildman–Crippen LogP) is 2.34. The number of benzene rings is 1. The Balaban J connectivity index is 2.08. The molecule has 1 atom stereocenters. The van der Waals surface area contributed by atoms with Crippen LogP contribution in [0.5, 0.6) is 0 Å². The molecule has 10 heteroatoms. The first-order chi connectivity index (χ1) is 11.4. The molecule has 1 aliphatic heterocycles. The van der Waals surface area contributed by atoms with Gasteiger partial charge in [-0.05, 0) is 30.5 Å². The van der Waals surface area contributed by atoms with Crippen molar-refractivity contribution in [1.29, 1.82) is 0 Å². The van der Waals surface area contributed by atoms with Crippen LogP contribution in [-0.4, -0.2) is 33.5 Å². The molecule has 0 saturated carbocycles. The second-order valence-corrected chi connectivity index (χ2v) is 7.72. The highest BCUT2D eigenvalue weighted by Crippen LogP contribution is 2.36. The average molecular weight is 374 g/mol. The maximum atomic E-state index is 14.8. The van der Waals surface area contributed by atoms with E-state index in [0.29, 0.717) is 12.1 Å². The number of nitrogens with zero attached hydrogens (tertiary/aromatic N) is 1. The summed E-state index contributed by atoms with van der Waals surface area (Å²) in [7, 11) is -2.95. The van der Waals surface area contributed by atoms with Crippen LogP contribution in [0, 0.1) is 11.6 Å². The Morgan fingerprint density at radius 2 is 2.21 bits per heavy atom. The molecule has 1 saturated heterocycles. The average Bonchev–Trinajstić information content (AvgIpc) is 3.18. The van der Waals surface area contributed by atoms with Gasteiger partial charge in [0.1, 0.15) is 5.82 Å². The van der Waals surface area contributed by atoms with Crippen LogP contribution in [0.2, 0.25) is 0 Å². The summed E-state index contributed by atoms with van der Waals surface area (Å²) in [5.41, 5.74) is 1.86. The molecular formula is C14H16F2N4O2S2. The minimum Gasteiger partial charge on any atom is -0.385 e. The topological polar surface area (TPSA) is 83.1 Å². The minimum atomic E-state index is -4.43. The fourth-order valence-electron chi connectivity index (χ4n) is 2.81. The van der Waals surface area contributed by atoms with E-state index in [1.54, 1.807) is 0 Å². The van der Waals surface area contributed by atoms with Crippen LogP contribution in [0.1, 0.15) is 17.9 Å². The summed E-state index contributed by atoms with van der Waals surface area (Å²) in [6.45, 7) is 1.35. The van der Waals surface area contributed by atoms with Crippen LogP contribution >= 0.6 is 11.3 Å². The standard InChI is InChI=1S/C14H16F2N4O2S2/c1-17-13-9(8-2-3-18-5-8)4-10(15)14(12(13)16)24(21,22)20-11-6-23-7-19-11/h4,6-8,17-18,20H,2-3,5H2,1H3. The van der Waals surface area contributed by atoms with Crippen molar-refractivity contribution in [2.45, 2.75) is 17.2 Å². The molecule has 0 spiro atoms. The smallest absolute Gasteiger partial charge is 0.269 e. The van der Waals surface area contributed by atoms with Crippen molar-refractivity contribution in [2.24, 2.45) is 0 Å². The molecule has 1 aromatic carbocycles. The first-order valence-electron chi connectivity index (χ1n) is 7.25. The fourth-order valence-corrected chi connectivity index (χ4v) is 4.51. The van der Waals surface area contributed by atoms with Crippen molar-refractivity contribution in [2.75, 3.05) is 30.2 Å². The van der Waals surface area contributed by atoms with Crippen molar-refractivity contribution in [1.82, 2.24) is 10.3 Å². The molecule has 0 bridgehead atoms. The number of nitrogens with one attached hydrogen (secondary N) is 3. The van der Waals surface area contributed by atoms with Crippen molar-refractivity contribution in [3.05, 3.63) is 34.2 Å². The number of halogens is 2. The first kappa shape index (κ1) is 17.1. The first-order valence-corrected chi connectivity index (χ1v) is 9.68. The monoisotopic (exact) mass is 374 g/mol. The predicted molar refractivity (Wildman–Crippen MR) is 89.1 cm³/mol. The second-order valence-electron chi connectivity index (χ2n) is 5.38. The highest BCUT2D eigenvalue weighted by molar-refractivity contribution is 7.92. The van der Waals surface area contributed by atoms with E-state index in [9.17, 15) is 17.2 Å². The van der Waals surface area contributed by atoms with Gasteiger partial charge in [-0.1, -0.05) is 0 Å². The van der Waals surface area contributed by atoms with Crippen molar-refractivity contribution in [3.63, 3.8) is 0 Å². The van der Waals surface area contributed by atoms with Crippen LogP contribution in [0.4, 0.5) is 20.3 Å². The molecule has 0 radical (unpaired) electrons. The van der Waals surface area contributed by atoms with Gasteiger partial charge in [0.05, 0.1) is 11.2 Å². The van der Waals surface area contributed by atoms with E-state index < -0.39 is 26.6 Å². The van der Waals surface area contributed by atoms with E-state index in [-0.39, 0.29) is 17.4 Å². The van der Waals surface area contributed by atoms with Crippen LogP contribution in [0.15, 0.2) is 21.9 Å². The summed E-state index contributed by atoms with van der Waals surface area (Å²) in [4.78, 5) is 2.76. The lowest BCUT2D eigenvalue weighted by Gasteiger charge is -2.18. The van der Waals surface area contributed by atoms with E-state index in [2.05, 4.69) is 20.3 Å². The van der Waals surface area contributed by atoms with Gasteiger partial charge in [-0.2, -0.15) is 0 Å². The molecule has 2 heterocycles. The Morgan fingerprint density at radius 3 is 2.79 bits per heavy atom. The van der Waals surface area contributed by atoms with Crippen molar-refractivity contribution < 1.29 is 17.2 Å². The third-order valence-corrected chi connectivity index (χ3v) is 5.87. The molecule has 3 N–H and O–H groups in total. The summed E-state index contributed by atoms with van der Waals surface area (Å²) in [6, 6.07) is 1.10. The molecule has 3 rings (SSSR count). The van der Waals surface area contributed by atoms with Gasteiger partial charge in [-0.25, -0.2) is 22.2 Å². The van der Waals surface area contributed by atoms with E-state index in [4.69, 9.17) is 0 Å². The van der Waals surface area contributed by atoms with Gasteiger partial charge in [0.2, 0.25) is 0 Å². The maximum absolute atomic E-state index is 14.8. The number of anilines is 2. The number of hydrogen-bond acceptors (Lipinski definition) is 6. The SMILES string of the molecule is CNc1c(C2CCNC2)cc(F)c(S(=O)(=O)Nc2cscn2)c1F. The third kappa shape index (κ3) is 3.08. The Labute approximate surface area is 142 Å².